The molecule has 1 saturated heterocycles. The molecule has 0 aliphatic carbocycles. The molecule has 0 aromatic heterocycles. The van der Waals surface area contributed by atoms with Gasteiger partial charge < -0.3 is 9.64 Å². The van der Waals surface area contributed by atoms with E-state index in [2.05, 4.69) is 12.1 Å². The molecule has 1 heterocycles. The van der Waals surface area contributed by atoms with E-state index in [9.17, 15) is 8.42 Å². The van der Waals surface area contributed by atoms with Crippen molar-refractivity contribution in [2.45, 2.75) is 19.9 Å². The average Bonchev–Trinajstić information content (AvgIpc) is 2.48. The molecule has 21 heavy (non-hydrogen) atoms. The number of rotatable bonds is 6. The lowest BCUT2D eigenvalue weighted by Crippen LogP contribution is -3.13. The van der Waals surface area contributed by atoms with Crippen LogP contribution in [0.1, 0.15) is 18.9 Å². The SMILES string of the molecule is CCCS(=O)(=O)N1CC[NH+](Cc2ccc(OC)cc2)CC1. The molecule has 0 spiro atoms. The highest BCUT2D eigenvalue weighted by Crippen LogP contribution is 2.10. The molecule has 0 amide bonds. The van der Waals surface area contributed by atoms with Gasteiger partial charge in [-0.15, -0.1) is 0 Å². The molecular formula is C15H25N2O3S+. The second-order valence-electron chi connectivity index (χ2n) is 5.49. The maximum absolute atomic E-state index is 12.0. The third-order valence-corrected chi connectivity index (χ3v) is 5.97. The standard InChI is InChI=1S/C15H24N2O3S/c1-3-12-21(18,19)17-10-8-16(9-11-17)13-14-4-6-15(20-2)7-5-14/h4-7H,3,8-13H2,1-2H3/p+1. The highest BCUT2D eigenvalue weighted by molar-refractivity contribution is 7.89. The van der Waals surface area contributed by atoms with E-state index in [4.69, 9.17) is 4.74 Å². The van der Waals surface area contributed by atoms with Gasteiger partial charge in [0.25, 0.3) is 0 Å². The Bertz CT molecular complexity index is 535. The van der Waals surface area contributed by atoms with E-state index in [0.29, 0.717) is 19.5 Å². The monoisotopic (exact) mass is 313 g/mol. The second-order valence-corrected chi connectivity index (χ2v) is 7.58. The molecule has 1 aromatic carbocycles. The van der Waals surface area contributed by atoms with Crippen LogP contribution in [0.15, 0.2) is 24.3 Å². The molecule has 0 unspecified atom stereocenters. The Kier molecular flexibility index (Phi) is 5.61. The van der Waals surface area contributed by atoms with Gasteiger partial charge in [-0.1, -0.05) is 6.92 Å². The van der Waals surface area contributed by atoms with Gasteiger partial charge in [0.05, 0.1) is 39.0 Å². The van der Waals surface area contributed by atoms with E-state index in [1.165, 1.54) is 10.5 Å². The maximum Gasteiger partial charge on any atom is 0.214 e. The first-order valence-electron chi connectivity index (χ1n) is 7.49. The molecule has 6 heteroatoms. The van der Waals surface area contributed by atoms with E-state index in [0.717, 1.165) is 25.4 Å². The summed E-state index contributed by atoms with van der Waals surface area (Å²) in [6.45, 7) is 5.85. The Hall–Kier alpha value is -1.11. The third kappa shape index (κ3) is 4.43. The highest BCUT2D eigenvalue weighted by Gasteiger charge is 2.28. The summed E-state index contributed by atoms with van der Waals surface area (Å²) >= 11 is 0. The number of ether oxygens (including phenoxy) is 1. The number of methoxy groups -OCH3 is 1. The molecular weight excluding hydrogens is 288 g/mol. The lowest BCUT2D eigenvalue weighted by atomic mass is 10.2. The molecule has 1 fully saturated rings. The van der Waals surface area contributed by atoms with Crippen LogP contribution >= 0.6 is 0 Å². The van der Waals surface area contributed by atoms with E-state index in [1.807, 2.05) is 19.1 Å². The van der Waals surface area contributed by atoms with Gasteiger partial charge in [0, 0.05) is 5.56 Å². The van der Waals surface area contributed by atoms with Gasteiger partial charge in [-0.3, -0.25) is 0 Å². The smallest absolute Gasteiger partial charge is 0.214 e. The first kappa shape index (κ1) is 16.3. The Morgan fingerprint density at radius 1 is 1.19 bits per heavy atom. The van der Waals surface area contributed by atoms with Gasteiger partial charge in [0.15, 0.2) is 0 Å². The van der Waals surface area contributed by atoms with Crippen molar-refractivity contribution in [3.63, 3.8) is 0 Å². The molecule has 1 aliphatic rings. The van der Waals surface area contributed by atoms with Crippen LogP contribution in [-0.4, -0.2) is 51.8 Å². The van der Waals surface area contributed by atoms with Crippen LogP contribution in [0.4, 0.5) is 0 Å². The Morgan fingerprint density at radius 2 is 1.81 bits per heavy atom. The minimum absolute atomic E-state index is 0.265. The van der Waals surface area contributed by atoms with Crippen LogP contribution in [0, 0.1) is 0 Å². The number of hydrogen-bond acceptors (Lipinski definition) is 3. The van der Waals surface area contributed by atoms with Crippen LogP contribution in [0.2, 0.25) is 0 Å². The Balaban J connectivity index is 1.86. The number of benzene rings is 1. The maximum atomic E-state index is 12.0. The molecule has 0 atom stereocenters. The van der Waals surface area contributed by atoms with Crippen molar-refractivity contribution in [3.05, 3.63) is 29.8 Å². The molecule has 0 radical (unpaired) electrons. The van der Waals surface area contributed by atoms with E-state index in [-0.39, 0.29) is 5.75 Å². The average molecular weight is 313 g/mol. The van der Waals surface area contributed by atoms with Crippen LogP contribution in [0.5, 0.6) is 5.75 Å². The minimum Gasteiger partial charge on any atom is -0.497 e. The van der Waals surface area contributed by atoms with Crippen molar-refractivity contribution in [2.75, 3.05) is 39.0 Å². The highest BCUT2D eigenvalue weighted by atomic mass is 32.2. The number of nitrogens with one attached hydrogen (secondary N) is 1. The first-order chi connectivity index (χ1) is 10.0. The minimum atomic E-state index is -3.04. The lowest BCUT2D eigenvalue weighted by Gasteiger charge is -2.31. The molecule has 118 valence electrons. The van der Waals surface area contributed by atoms with Crippen LogP contribution in [0.25, 0.3) is 0 Å². The lowest BCUT2D eigenvalue weighted by molar-refractivity contribution is -0.917. The quantitative estimate of drug-likeness (QED) is 0.812. The molecule has 5 nitrogen and oxygen atoms in total. The zero-order valence-corrected chi connectivity index (χ0v) is 13.7. The zero-order valence-electron chi connectivity index (χ0n) is 12.8. The van der Waals surface area contributed by atoms with Gasteiger partial charge in [-0.25, -0.2) is 8.42 Å². The fourth-order valence-electron chi connectivity index (χ4n) is 2.68. The first-order valence-corrected chi connectivity index (χ1v) is 9.10. The number of piperazine rings is 1. The van der Waals surface area contributed by atoms with Crippen molar-refractivity contribution < 1.29 is 18.1 Å². The van der Waals surface area contributed by atoms with Crippen LogP contribution < -0.4 is 9.64 Å². The zero-order chi connectivity index (χ0) is 15.3. The summed E-state index contributed by atoms with van der Waals surface area (Å²) in [6, 6.07) is 8.09. The van der Waals surface area contributed by atoms with Gasteiger partial charge >= 0.3 is 0 Å². The predicted octanol–water partition coefficient (Wildman–Crippen LogP) is 0.136. The van der Waals surface area contributed by atoms with Crippen molar-refractivity contribution in [3.8, 4) is 5.75 Å². The van der Waals surface area contributed by atoms with Crippen LogP contribution in [-0.2, 0) is 16.6 Å². The molecule has 1 aromatic rings. The molecule has 0 bridgehead atoms. The summed E-state index contributed by atoms with van der Waals surface area (Å²) in [4.78, 5) is 1.43. The van der Waals surface area contributed by atoms with Gasteiger partial charge in [-0.2, -0.15) is 4.31 Å². The van der Waals surface area contributed by atoms with Gasteiger partial charge in [-0.05, 0) is 30.7 Å². The fourth-order valence-corrected chi connectivity index (χ4v) is 4.19. The van der Waals surface area contributed by atoms with Crippen molar-refractivity contribution in [2.24, 2.45) is 0 Å². The molecule has 0 saturated carbocycles. The Morgan fingerprint density at radius 3 is 2.33 bits per heavy atom. The summed E-state index contributed by atoms with van der Waals surface area (Å²) in [5, 5.41) is 0. The van der Waals surface area contributed by atoms with Gasteiger partial charge in [0.2, 0.25) is 10.0 Å². The van der Waals surface area contributed by atoms with E-state index in [1.54, 1.807) is 11.4 Å². The number of hydrogen-bond donors (Lipinski definition) is 1. The van der Waals surface area contributed by atoms with Crippen molar-refractivity contribution >= 4 is 10.0 Å². The van der Waals surface area contributed by atoms with Crippen molar-refractivity contribution in [1.82, 2.24) is 4.31 Å². The summed E-state index contributed by atoms with van der Waals surface area (Å²) in [7, 11) is -1.37. The Labute approximate surface area is 127 Å². The second kappa shape index (κ2) is 7.24. The van der Waals surface area contributed by atoms with Crippen molar-refractivity contribution in [1.29, 1.82) is 0 Å². The normalized spacial score (nSPS) is 17.8. The van der Waals surface area contributed by atoms with Gasteiger partial charge in [0.1, 0.15) is 12.3 Å². The molecule has 1 aliphatic heterocycles. The summed E-state index contributed by atoms with van der Waals surface area (Å²) in [5.74, 6) is 1.13. The van der Waals surface area contributed by atoms with E-state index >= 15 is 0 Å². The molecule has 1 N–H and O–H groups in total. The predicted molar refractivity (Wildman–Crippen MR) is 83.0 cm³/mol. The molecule has 2 rings (SSSR count). The third-order valence-electron chi connectivity index (χ3n) is 3.90. The summed E-state index contributed by atoms with van der Waals surface area (Å²) in [5.41, 5.74) is 1.26. The summed E-state index contributed by atoms with van der Waals surface area (Å²) < 4.78 is 30.8. The number of quaternary nitrogens is 1. The van der Waals surface area contributed by atoms with Crippen LogP contribution in [0.3, 0.4) is 0 Å². The van der Waals surface area contributed by atoms with E-state index < -0.39 is 10.0 Å². The largest absolute Gasteiger partial charge is 0.497 e. The number of nitrogens with zero attached hydrogens (tertiary/aromatic N) is 1. The number of sulfonamides is 1. The summed E-state index contributed by atoms with van der Waals surface area (Å²) in [6.07, 6.45) is 0.682. The fraction of sp³-hybridized carbons (Fsp3) is 0.600. The topological polar surface area (TPSA) is 51.0 Å².